The fraction of sp³-hybridized carbons (Fsp3) is 0.0769. The van der Waals surface area contributed by atoms with Crippen molar-refractivity contribution >= 4 is 10.6 Å². The lowest BCUT2D eigenvalue weighted by Gasteiger charge is -2.23. The van der Waals surface area contributed by atoms with Crippen molar-refractivity contribution in [3.8, 4) is 22.6 Å². The Balaban J connectivity index is 2.06. The topological polar surface area (TPSA) is 69.9 Å². The molecule has 2 aromatic carbocycles. The number of fused-ring (bicyclic) bond motifs is 1. The summed E-state index contributed by atoms with van der Waals surface area (Å²) in [6, 6.07) is 8.91. The van der Waals surface area contributed by atoms with Gasteiger partial charge in [-0.3, -0.25) is 9.11 Å². The fourth-order valence-corrected chi connectivity index (χ4v) is 3.11. The van der Waals surface area contributed by atoms with Crippen LogP contribution in [0.3, 0.4) is 0 Å². The normalized spacial score (nSPS) is 17.6. The minimum Gasteiger partial charge on any atom is -0.505 e. The van der Waals surface area contributed by atoms with E-state index >= 15 is 0 Å². The second-order valence-corrected chi connectivity index (χ2v) is 6.27. The van der Waals surface area contributed by atoms with Crippen LogP contribution in [0.1, 0.15) is 0 Å². The van der Waals surface area contributed by atoms with Crippen molar-refractivity contribution in [1.29, 1.82) is 0 Å². The molecule has 100 valence electrons. The van der Waals surface area contributed by atoms with Crippen molar-refractivity contribution < 1.29 is 23.3 Å². The van der Waals surface area contributed by atoms with Crippen molar-refractivity contribution in [2.75, 3.05) is 5.94 Å². The molecule has 0 spiro atoms. The van der Waals surface area contributed by atoms with E-state index in [1.165, 1.54) is 12.1 Å². The van der Waals surface area contributed by atoms with Crippen LogP contribution < -0.4 is 4.74 Å². The summed E-state index contributed by atoms with van der Waals surface area (Å²) in [6.07, 6.45) is 0. The van der Waals surface area contributed by atoms with Crippen LogP contribution in [-0.2, 0) is 0 Å². The molecule has 3 rings (SSSR count). The van der Waals surface area contributed by atoms with Crippen molar-refractivity contribution in [2.24, 2.45) is 0 Å². The van der Waals surface area contributed by atoms with Gasteiger partial charge < -0.3 is 9.84 Å². The van der Waals surface area contributed by atoms with Gasteiger partial charge in [0, 0.05) is 0 Å². The predicted octanol–water partition coefficient (Wildman–Crippen LogP) is 3.66. The zero-order chi connectivity index (χ0) is 13.6. The van der Waals surface area contributed by atoms with Gasteiger partial charge in [-0.2, -0.15) is 0 Å². The van der Waals surface area contributed by atoms with Crippen molar-refractivity contribution in [3.05, 3.63) is 42.2 Å². The summed E-state index contributed by atoms with van der Waals surface area (Å²) in [4.78, 5) is 0.371. The van der Waals surface area contributed by atoms with Crippen molar-refractivity contribution in [2.45, 2.75) is 4.90 Å². The maximum Gasteiger partial charge on any atom is 0.181 e. The van der Waals surface area contributed by atoms with Gasteiger partial charge in [0.2, 0.25) is 0 Å². The summed E-state index contributed by atoms with van der Waals surface area (Å²) in [5, 5.41) is 9.15. The van der Waals surface area contributed by atoms with Gasteiger partial charge in [0.05, 0.1) is 0 Å². The number of hydrogen-bond donors (Lipinski definition) is 3. The highest BCUT2D eigenvalue weighted by atomic mass is 32.3. The van der Waals surface area contributed by atoms with E-state index in [1.54, 1.807) is 24.3 Å². The molecule has 0 unspecified atom stereocenters. The Labute approximate surface area is 110 Å². The molecule has 0 amide bonds. The number of aromatic hydroxyl groups is 1. The third-order valence-electron chi connectivity index (χ3n) is 2.96. The first-order valence-corrected chi connectivity index (χ1v) is 7.21. The SMILES string of the molecule is Oc1ccc(-c2ccc3c(c2)OCS3(O)O)cc1F. The van der Waals surface area contributed by atoms with Gasteiger partial charge in [0.15, 0.2) is 17.5 Å². The summed E-state index contributed by atoms with van der Waals surface area (Å²) in [5.74, 6) is -0.861. The number of halogens is 1. The Kier molecular flexibility index (Phi) is 2.67. The first kappa shape index (κ1) is 12.3. The van der Waals surface area contributed by atoms with Gasteiger partial charge >= 0.3 is 0 Å². The standard InChI is InChI=1S/C13H11FO4S/c14-10-5-8(1-3-11(10)15)9-2-4-13-12(6-9)18-7-19(13,16)17/h1-6,15-17H,7H2. The smallest absolute Gasteiger partial charge is 0.181 e. The van der Waals surface area contributed by atoms with E-state index in [2.05, 4.69) is 0 Å². The lowest BCUT2D eigenvalue weighted by Crippen LogP contribution is -1.98. The zero-order valence-electron chi connectivity index (χ0n) is 9.71. The molecular weight excluding hydrogens is 271 g/mol. The minimum atomic E-state index is -2.86. The van der Waals surface area contributed by atoms with E-state index in [4.69, 9.17) is 9.84 Å². The Bertz CT molecular complexity index is 657. The number of benzene rings is 2. The Morgan fingerprint density at radius 3 is 2.47 bits per heavy atom. The summed E-state index contributed by atoms with van der Waals surface area (Å²) in [6.45, 7) is 0. The minimum absolute atomic E-state index is 0.143. The summed E-state index contributed by atoms with van der Waals surface area (Å²) < 4.78 is 37.9. The highest BCUT2D eigenvalue weighted by Crippen LogP contribution is 2.57. The van der Waals surface area contributed by atoms with Crippen LogP contribution in [-0.4, -0.2) is 20.2 Å². The number of phenols is 1. The third-order valence-corrected chi connectivity index (χ3v) is 4.44. The van der Waals surface area contributed by atoms with Crippen LogP contribution in [0, 0.1) is 5.82 Å². The highest BCUT2D eigenvalue weighted by Gasteiger charge is 2.28. The molecule has 0 aromatic heterocycles. The molecule has 0 aliphatic carbocycles. The number of ether oxygens (including phenoxy) is 1. The van der Waals surface area contributed by atoms with E-state index in [-0.39, 0.29) is 5.94 Å². The van der Waals surface area contributed by atoms with Gasteiger partial charge in [-0.05, 0) is 35.4 Å². The molecular formula is C13H11FO4S. The lowest BCUT2D eigenvalue weighted by molar-refractivity contribution is 0.374. The van der Waals surface area contributed by atoms with Crippen molar-refractivity contribution in [1.82, 2.24) is 0 Å². The van der Waals surface area contributed by atoms with Gasteiger partial charge in [-0.25, -0.2) is 4.39 Å². The summed E-state index contributed by atoms with van der Waals surface area (Å²) in [7, 11) is -2.86. The Morgan fingerprint density at radius 2 is 1.74 bits per heavy atom. The molecule has 2 aromatic rings. The van der Waals surface area contributed by atoms with Crippen molar-refractivity contribution in [3.63, 3.8) is 0 Å². The average Bonchev–Trinajstić information content (AvgIpc) is 2.68. The Morgan fingerprint density at radius 1 is 1.05 bits per heavy atom. The van der Waals surface area contributed by atoms with Gasteiger partial charge in [0.1, 0.15) is 10.6 Å². The van der Waals surface area contributed by atoms with E-state index in [1.807, 2.05) is 0 Å². The highest BCUT2D eigenvalue weighted by molar-refractivity contribution is 8.24. The van der Waals surface area contributed by atoms with E-state index < -0.39 is 22.2 Å². The molecule has 1 heterocycles. The second-order valence-electron chi connectivity index (χ2n) is 4.26. The lowest BCUT2D eigenvalue weighted by atomic mass is 10.1. The monoisotopic (exact) mass is 282 g/mol. The van der Waals surface area contributed by atoms with Crippen LogP contribution >= 0.6 is 10.6 Å². The molecule has 1 aliphatic rings. The largest absolute Gasteiger partial charge is 0.505 e. The molecule has 19 heavy (non-hydrogen) atoms. The quantitative estimate of drug-likeness (QED) is 0.746. The van der Waals surface area contributed by atoms with Gasteiger partial charge in [-0.1, -0.05) is 12.1 Å². The first-order valence-electron chi connectivity index (χ1n) is 5.49. The third kappa shape index (κ3) is 2.03. The molecule has 0 radical (unpaired) electrons. The van der Waals surface area contributed by atoms with Gasteiger partial charge in [0.25, 0.3) is 0 Å². The Hall–Kier alpha value is -1.76. The molecule has 1 aliphatic heterocycles. The maximum absolute atomic E-state index is 13.3. The summed E-state index contributed by atoms with van der Waals surface area (Å²) >= 11 is 0. The number of phenolic OH excluding ortho intramolecular Hbond substituents is 1. The average molecular weight is 282 g/mol. The zero-order valence-corrected chi connectivity index (χ0v) is 10.5. The first-order chi connectivity index (χ1) is 8.97. The van der Waals surface area contributed by atoms with Crippen LogP contribution in [0.5, 0.6) is 11.5 Å². The maximum atomic E-state index is 13.3. The molecule has 4 nitrogen and oxygen atoms in total. The van der Waals surface area contributed by atoms with Crippen LogP contribution in [0.25, 0.3) is 11.1 Å². The molecule has 0 bridgehead atoms. The predicted molar refractivity (Wildman–Crippen MR) is 70.1 cm³/mol. The van der Waals surface area contributed by atoms with E-state index in [9.17, 15) is 13.5 Å². The van der Waals surface area contributed by atoms with Crippen LogP contribution in [0.15, 0.2) is 41.3 Å². The summed E-state index contributed by atoms with van der Waals surface area (Å²) in [5.41, 5.74) is 1.25. The van der Waals surface area contributed by atoms with Gasteiger partial charge in [-0.15, -0.1) is 10.6 Å². The van der Waals surface area contributed by atoms with Crippen LogP contribution in [0.2, 0.25) is 0 Å². The van der Waals surface area contributed by atoms with E-state index in [0.29, 0.717) is 21.8 Å². The second kappa shape index (κ2) is 4.12. The number of hydrogen-bond acceptors (Lipinski definition) is 4. The van der Waals surface area contributed by atoms with Crippen LogP contribution in [0.4, 0.5) is 4.39 Å². The molecule has 0 saturated carbocycles. The molecule has 3 N–H and O–H groups in total. The number of rotatable bonds is 1. The molecule has 0 saturated heterocycles. The molecule has 6 heteroatoms. The molecule has 0 fully saturated rings. The fourth-order valence-electron chi connectivity index (χ4n) is 1.97. The van der Waals surface area contributed by atoms with E-state index in [0.717, 1.165) is 0 Å². The molecule has 0 atom stereocenters.